The van der Waals surface area contributed by atoms with Crippen LogP contribution in [-0.4, -0.2) is 62.7 Å². The van der Waals surface area contributed by atoms with Crippen molar-refractivity contribution in [1.29, 1.82) is 0 Å². The highest BCUT2D eigenvalue weighted by Crippen LogP contribution is 2.25. The number of imidazole rings is 1. The van der Waals surface area contributed by atoms with Crippen LogP contribution in [0.1, 0.15) is 30.3 Å². The van der Waals surface area contributed by atoms with E-state index in [1.54, 1.807) is 25.4 Å². The number of aromatic nitrogens is 4. The van der Waals surface area contributed by atoms with Gasteiger partial charge in [-0.15, -0.1) is 0 Å². The Labute approximate surface area is 195 Å². The highest BCUT2D eigenvalue weighted by molar-refractivity contribution is 5.78. The Morgan fingerprint density at radius 2 is 2.00 bits per heavy atom. The highest BCUT2D eigenvalue weighted by Gasteiger charge is 2.23. The van der Waals surface area contributed by atoms with Crippen molar-refractivity contribution >= 4 is 22.1 Å². The summed E-state index contributed by atoms with van der Waals surface area (Å²) in [6.45, 7) is 2.60. The molecule has 0 amide bonds. The van der Waals surface area contributed by atoms with Crippen LogP contribution in [0, 0.1) is 11.6 Å². The van der Waals surface area contributed by atoms with Crippen molar-refractivity contribution in [1.82, 2.24) is 30.2 Å². The predicted molar refractivity (Wildman–Crippen MR) is 123 cm³/mol. The molecular formula is C24H26F2N6O2. The van der Waals surface area contributed by atoms with Crippen LogP contribution in [0.25, 0.3) is 22.1 Å². The maximum atomic E-state index is 13.9. The van der Waals surface area contributed by atoms with Crippen LogP contribution in [-0.2, 0) is 6.54 Å². The van der Waals surface area contributed by atoms with E-state index in [1.165, 1.54) is 6.07 Å². The fraction of sp³-hybridized carbons (Fsp3) is 0.375. The first-order valence-corrected chi connectivity index (χ1v) is 11.3. The van der Waals surface area contributed by atoms with Gasteiger partial charge in [-0.2, -0.15) is 0 Å². The van der Waals surface area contributed by atoms with Crippen LogP contribution in [0.3, 0.4) is 0 Å². The zero-order valence-corrected chi connectivity index (χ0v) is 18.8. The Morgan fingerprint density at radius 1 is 1.18 bits per heavy atom. The number of benzene rings is 1. The minimum atomic E-state index is -0.694. The molecule has 0 unspecified atom stereocenters. The molecular weight excluding hydrogens is 442 g/mol. The summed E-state index contributed by atoms with van der Waals surface area (Å²) in [4.78, 5) is 18.2. The summed E-state index contributed by atoms with van der Waals surface area (Å²) in [5, 5.41) is 14.4. The predicted octanol–water partition coefficient (Wildman–Crippen LogP) is 3.08. The third-order valence-electron chi connectivity index (χ3n) is 6.29. The zero-order valence-electron chi connectivity index (χ0n) is 18.8. The number of nitrogens with zero attached hydrogens (tertiary/aromatic N) is 4. The minimum Gasteiger partial charge on any atom is -0.481 e. The first kappa shape index (κ1) is 22.6. The molecule has 0 spiro atoms. The molecule has 1 aliphatic rings. The van der Waals surface area contributed by atoms with E-state index < -0.39 is 17.7 Å². The summed E-state index contributed by atoms with van der Waals surface area (Å²) in [6, 6.07) is 7.75. The van der Waals surface area contributed by atoms with Gasteiger partial charge in [0.15, 0.2) is 5.82 Å². The number of methoxy groups -OCH3 is 1. The second kappa shape index (κ2) is 9.57. The number of hydrogen-bond donors (Lipinski definition) is 3. The molecule has 178 valence electrons. The maximum absolute atomic E-state index is 13.9. The Hall–Kier alpha value is -3.21. The Balaban J connectivity index is 1.16. The highest BCUT2D eigenvalue weighted by atomic mass is 19.1. The van der Waals surface area contributed by atoms with E-state index in [9.17, 15) is 13.9 Å². The van der Waals surface area contributed by atoms with Gasteiger partial charge in [-0.3, -0.25) is 4.98 Å². The minimum absolute atomic E-state index is 0.151. The SMILES string of the molecule is COc1ccc2nccc([C@@H](O)CN3CCC(NCc4nc5c(F)cc(F)cc5[nH]4)CC3)c2n1. The van der Waals surface area contributed by atoms with Crippen molar-refractivity contribution < 1.29 is 18.6 Å². The molecule has 34 heavy (non-hydrogen) atoms. The number of ether oxygens (including phenoxy) is 1. The second-order valence-corrected chi connectivity index (χ2v) is 8.56. The summed E-state index contributed by atoms with van der Waals surface area (Å²) >= 11 is 0. The topological polar surface area (TPSA) is 99.2 Å². The summed E-state index contributed by atoms with van der Waals surface area (Å²) < 4.78 is 32.5. The largest absolute Gasteiger partial charge is 0.481 e. The fourth-order valence-electron chi connectivity index (χ4n) is 4.49. The van der Waals surface area contributed by atoms with Gasteiger partial charge in [0.1, 0.15) is 17.2 Å². The quantitative estimate of drug-likeness (QED) is 0.383. The summed E-state index contributed by atoms with van der Waals surface area (Å²) in [5.74, 6) is -0.236. The molecule has 0 aliphatic carbocycles. The number of pyridine rings is 2. The Morgan fingerprint density at radius 3 is 2.79 bits per heavy atom. The van der Waals surface area contributed by atoms with Gasteiger partial charge in [0, 0.05) is 36.5 Å². The lowest BCUT2D eigenvalue weighted by molar-refractivity contribution is 0.0947. The molecule has 0 saturated carbocycles. The van der Waals surface area contributed by atoms with Gasteiger partial charge in [-0.05, 0) is 44.1 Å². The fourth-order valence-corrected chi connectivity index (χ4v) is 4.49. The number of fused-ring (bicyclic) bond motifs is 2. The lowest BCUT2D eigenvalue weighted by atomic mass is 10.0. The third kappa shape index (κ3) is 4.70. The van der Waals surface area contributed by atoms with Crippen molar-refractivity contribution in [2.24, 2.45) is 0 Å². The molecule has 3 N–H and O–H groups in total. The molecule has 1 atom stereocenters. The molecule has 4 aromatic rings. The van der Waals surface area contributed by atoms with Crippen molar-refractivity contribution in [3.8, 4) is 5.88 Å². The number of likely N-dealkylation sites (tertiary alicyclic amines) is 1. The molecule has 5 rings (SSSR count). The monoisotopic (exact) mass is 468 g/mol. The summed E-state index contributed by atoms with van der Waals surface area (Å²) in [7, 11) is 1.56. The molecule has 0 radical (unpaired) electrons. The normalized spacial score (nSPS) is 16.4. The molecule has 8 nitrogen and oxygen atoms in total. The molecule has 1 fully saturated rings. The molecule has 4 heterocycles. The van der Waals surface area contributed by atoms with Crippen LogP contribution in [0.2, 0.25) is 0 Å². The van der Waals surface area contributed by atoms with E-state index in [1.807, 2.05) is 6.07 Å². The third-order valence-corrected chi connectivity index (χ3v) is 6.29. The number of nitrogens with one attached hydrogen (secondary N) is 2. The van der Waals surface area contributed by atoms with E-state index >= 15 is 0 Å². The van der Waals surface area contributed by atoms with Crippen LogP contribution < -0.4 is 10.1 Å². The smallest absolute Gasteiger partial charge is 0.213 e. The standard InChI is InChI=1S/C24H26F2N6O2/c1-34-22-3-2-18-23(31-22)16(4-7-27-18)20(33)13-32-8-5-15(6-9-32)28-12-21-29-19-11-14(25)10-17(26)24(19)30-21/h2-4,7,10-11,15,20,28,33H,5-6,8-9,12-13H2,1H3,(H,29,30)/t20-/m0/s1. The molecule has 1 aliphatic heterocycles. The number of aromatic amines is 1. The van der Waals surface area contributed by atoms with E-state index in [0.29, 0.717) is 41.3 Å². The number of β-amino-alcohol motifs (C(OH)–C–C–N with tert-alkyl or cyclic N) is 1. The van der Waals surface area contributed by atoms with Crippen LogP contribution in [0.15, 0.2) is 36.5 Å². The number of piperidine rings is 1. The molecule has 0 bridgehead atoms. The van der Waals surface area contributed by atoms with E-state index in [0.717, 1.165) is 37.6 Å². The van der Waals surface area contributed by atoms with E-state index in [-0.39, 0.29) is 11.6 Å². The van der Waals surface area contributed by atoms with Crippen LogP contribution in [0.5, 0.6) is 5.88 Å². The molecule has 10 heteroatoms. The molecule has 1 saturated heterocycles. The maximum Gasteiger partial charge on any atom is 0.213 e. The van der Waals surface area contributed by atoms with E-state index in [4.69, 9.17) is 4.74 Å². The van der Waals surface area contributed by atoms with Crippen molar-refractivity contribution in [3.63, 3.8) is 0 Å². The lowest BCUT2D eigenvalue weighted by Gasteiger charge is -2.33. The van der Waals surface area contributed by atoms with Gasteiger partial charge < -0.3 is 25.0 Å². The second-order valence-electron chi connectivity index (χ2n) is 8.56. The summed E-state index contributed by atoms with van der Waals surface area (Å²) in [5.41, 5.74) is 2.60. The first-order valence-electron chi connectivity index (χ1n) is 11.3. The number of halogens is 2. The number of hydrogen-bond acceptors (Lipinski definition) is 7. The van der Waals surface area contributed by atoms with Gasteiger partial charge in [-0.25, -0.2) is 18.7 Å². The number of aliphatic hydroxyl groups excluding tert-OH is 1. The van der Waals surface area contributed by atoms with Gasteiger partial charge in [0.25, 0.3) is 0 Å². The van der Waals surface area contributed by atoms with Crippen molar-refractivity contribution in [3.05, 3.63) is 59.6 Å². The van der Waals surface area contributed by atoms with Crippen molar-refractivity contribution in [2.45, 2.75) is 31.5 Å². The lowest BCUT2D eigenvalue weighted by Crippen LogP contribution is -2.43. The molecule has 3 aromatic heterocycles. The van der Waals surface area contributed by atoms with Gasteiger partial charge in [-0.1, -0.05) is 0 Å². The van der Waals surface area contributed by atoms with Crippen molar-refractivity contribution in [2.75, 3.05) is 26.7 Å². The average molecular weight is 469 g/mol. The van der Waals surface area contributed by atoms with Gasteiger partial charge in [0.2, 0.25) is 5.88 Å². The van der Waals surface area contributed by atoms with Crippen LogP contribution >= 0.6 is 0 Å². The molecule has 1 aromatic carbocycles. The Kier molecular flexibility index (Phi) is 6.36. The number of H-pyrrole nitrogens is 1. The van der Waals surface area contributed by atoms with E-state index in [2.05, 4.69) is 30.2 Å². The van der Waals surface area contributed by atoms with Gasteiger partial charge in [0.05, 0.1) is 36.3 Å². The van der Waals surface area contributed by atoms with Crippen LogP contribution in [0.4, 0.5) is 8.78 Å². The number of rotatable bonds is 7. The first-order chi connectivity index (χ1) is 16.5. The van der Waals surface area contributed by atoms with Gasteiger partial charge >= 0.3 is 0 Å². The summed E-state index contributed by atoms with van der Waals surface area (Å²) in [6.07, 6.45) is 2.79. The Bertz CT molecular complexity index is 1310. The average Bonchev–Trinajstić information content (AvgIpc) is 3.26. The zero-order chi connectivity index (χ0) is 23.7. The number of aliphatic hydroxyl groups is 1.